The maximum Gasteiger partial charge on any atom is 0.253 e. The average Bonchev–Trinajstić information content (AvgIpc) is 3.07. The first kappa shape index (κ1) is 17.6. The highest BCUT2D eigenvalue weighted by atomic mass is 35.5. The minimum absolute atomic E-state index is 0.119. The van der Waals surface area contributed by atoms with Gasteiger partial charge in [0.2, 0.25) is 0 Å². The monoisotopic (exact) mass is 382 g/mol. The van der Waals surface area contributed by atoms with Gasteiger partial charge in [0.05, 0.1) is 28.0 Å². The second-order valence-corrected chi connectivity index (χ2v) is 7.06. The van der Waals surface area contributed by atoms with E-state index in [0.29, 0.717) is 27.3 Å². The molecule has 0 radical (unpaired) electrons. The van der Waals surface area contributed by atoms with Crippen molar-refractivity contribution < 1.29 is 4.79 Å². The second kappa shape index (κ2) is 7.46. The second-order valence-electron chi connectivity index (χ2n) is 6.65. The van der Waals surface area contributed by atoms with E-state index in [1.807, 2.05) is 6.07 Å². The molecule has 7 nitrogen and oxygen atoms in total. The molecular formula is C19H19ClN6O. The van der Waals surface area contributed by atoms with Crippen molar-refractivity contribution in [3.8, 4) is 0 Å². The fourth-order valence-corrected chi connectivity index (χ4v) is 3.53. The SMILES string of the molecule is CN1CCC(NC(=O)c2ccncc2Nc2cc(Cl)c3nccnc3c2)C1. The number of anilines is 2. The Labute approximate surface area is 161 Å². The molecule has 1 fully saturated rings. The topological polar surface area (TPSA) is 83.0 Å². The standard InChI is InChI=1S/C19H19ClN6O/c1-26-7-3-12(11-26)25-19(27)14-2-4-21-10-17(14)24-13-8-15(20)18-16(9-13)22-5-6-23-18/h2,4-6,8-10,12,24H,3,7,11H2,1H3,(H,25,27). The quantitative estimate of drug-likeness (QED) is 0.722. The van der Waals surface area contributed by atoms with Crippen molar-refractivity contribution >= 4 is 39.9 Å². The molecule has 1 atom stereocenters. The van der Waals surface area contributed by atoms with Crippen LogP contribution in [0.3, 0.4) is 0 Å². The van der Waals surface area contributed by atoms with Crippen LogP contribution in [0.4, 0.5) is 11.4 Å². The molecule has 1 unspecified atom stereocenters. The highest BCUT2D eigenvalue weighted by Gasteiger charge is 2.22. The number of nitrogens with zero attached hydrogens (tertiary/aromatic N) is 4. The van der Waals surface area contributed by atoms with E-state index in [-0.39, 0.29) is 11.9 Å². The lowest BCUT2D eigenvalue weighted by molar-refractivity contribution is 0.0939. The van der Waals surface area contributed by atoms with Crippen molar-refractivity contribution in [2.45, 2.75) is 12.5 Å². The third-order valence-electron chi connectivity index (χ3n) is 4.60. The predicted molar refractivity (Wildman–Crippen MR) is 105 cm³/mol. The summed E-state index contributed by atoms with van der Waals surface area (Å²) in [6.07, 6.45) is 7.41. The molecule has 2 N–H and O–H groups in total. The lowest BCUT2D eigenvalue weighted by Crippen LogP contribution is -2.36. The van der Waals surface area contributed by atoms with Gasteiger partial charge in [0.25, 0.3) is 5.91 Å². The molecule has 0 aliphatic carbocycles. The van der Waals surface area contributed by atoms with Gasteiger partial charge in [-0.1, -0.05) is 11.6 Å². The van der Waals surface area contributed by atoms with E-state index in [1.165, 1.54) is 0 Å². The first-order valence-corrected chi connectivity index (χ1v) is 9.08. The number of halogens is 1. The number of amides is 1. The number of fused-ring (bicyclic) bond motifs is 1. The summed E-state index contributed by atoms with van der Waals surface area (Å²) in [6, 6.07) is 5.47. The Morgan fingerprint density at radius 1 is 1.26 bits per heavy atom. The highest BCUT2D eigenvalue weighted by Crippen LogP contribution is 2.28. The van der Waals surface area contributed by atoms with Crippen LogP contribution in [0.25, 0.3) is 11.0 Å². The molecule has 2 aromatic heterocycles. The van der Waals surface area contributed by atoms with Gasteiger partial charge in [-0.05, 0) is 38.2 Å². The van der Waals surface area contributed by atoms with E-state index in [1.54, 1.807) is 36.9 Å². The van der Waals surface area contributed by atoms with Gasteiger partial charge < -0.3 is 15.5 Å². The molecule has 3 aromatic rings. The van der Waals surface area contributed by atoms with Crippen LogP contribution >= 0.6 is 11.6 Å². The molecular weight excluding hydrogens is 364 g/mol. The normalized spacial score (nSPS) is 17.2. The number of likely N-dealkylation sites (tertiary alicyclic amines) is 1. The summed E-state index contributed by atoms with van der Waals surface area (Å²) >= 11 is 6.32. The average molecular weight is 383 g/mol. The van der Waals surface area contributed by atoms with Crippen molar-refractivity contribution in [1.82, 2.24) is 25.2 Å². The Morgan fingerprint density at radius 2 is 2.11 bits per heavy atom. The van der Waals surface area contributed by atoms with Crippen LogP contribution in [-0.4, -0.2) is 51.9 Å². The predicted octanol–water partition coefficient (Wildman–Crippen LogP) is 2.86. The summed E-state index contributed by atoms with van der Waals surface area (Å²) in [5, 5.41) is 6.82. The van der Waals surface area contributed by atoms with Crippen LogP contribution < -0.4 is 10.6 Å². The zero-order chi connectivity index (χ0) is 18.8. The molecule has 1 saturated heterocycles. The maximum atomic E-state index is 12.8. The molecule has 27 heavy (non-hydrogen) atoms. The molecule has 1 aromatic carbocycles. The van der Waals surface area contributed by atoms with Crippen LogP contribution in [0.1, 0.15) is 16.8 Å². The van der Waals surface area contributed by atoms with E-state index in [9.17, 15) is 4.79 Å². The fourth-order valence-electron chi connectivity index (χ4n) is 3.27. The Morgan fingerprint density at radius 3 is 2.93 bits per heavy atom. The molecule has 0 bridgehead atoms. The van der Waals surface area contributed by atoms with Crippen molar-refractivity contribution in [3.63, 3.8) is 0 Å². The van der Waals surface area contributed by atoms with Crippen LogP contribution in [-0.2, 0) is 0 Å². The lowest BCUT2D eigenvalue weighted by Gasteiger charge is -2.16. The highest BCUT2D eigenvalue weighted by molar-refractivity contribution is 6.35. The Kier molecular flexibility index (Phi) is 4.87. The smallest absolute Gasteiger partial charge is 0.253 e. The number of carbonyl (C=O) groups is 1. The zero-order valence-corrected chi connectivity index (χ0v) is 15.6. The third-order valence-corrected chi connectivity index (χ3v) is 4.89. The van der Waals surface area contributed by atoms with Crippen LogP contribution in [0, 0.1) is 0 Å². The fraction of sp³-hybridized carbons (Fsp3) is 0.263. The van der Waals surface area contributed by atoms with E-state index in [2.05, 4.69) is 37.5 Å². The molecule has 4 rings (SSSR count). The molecule has 1 aliphatic heterocycles. The Balaban J connectivity index is 1.59. The van der Waals surface area contributed by atoms with Gasteiger partial charge >= 0.3 is 0 Å². The number of benzene rings is 1. The van der Waals surface area contributed by atoms with Gasteiger partial charge in [-0.25, -0.2) is 0 Å². The number of aromatic nitrogens is 3. The van der Waals surface area contributed by atoms with Crippen LogP contribution in [0.5, 0.6) is 0 Å². The van der Waals surface area contributed by atoms with E-state index in [4.69, 9.17) is 11.6 Å². The third kappa shape index (κ3) is 3.84. The minimum Gasteiger partial charge on any atom is -0.354 e. The summed E-state index contributed by atoms with van der Waals surface area (Å²) in [7, 11) is 2.05. The summed E-state index contributed by atoms with van der Waals surface area (Å²) in [5.74, 6) is -0.119. The zero-order valence-electron chi connectivity index (χ0n) is 14.8. The largest absolute Gasteiger partial charge is 0.354 e. The number of carbonyl (C=O) groups excluding carboxylic acids is 1. The van der Waals surface area contributed by atoms with Crippen molar-refractivity contribution in [3.05, 3.63) is 53.6 Å². The van der Waals surface area contributed by atoms with Crippen molar-refractivity contribution in [1.29, 1.82) is 0 Å². The number of rotatable bonds is 4. The molecule has 8 heteroatoms. The van der Waals surface area contributed by atoms with Crippen molar-refractivity contribution in [2.24, 2.45) is 0 Å². The number of hydrogen-bond acceptors (Lipinski definition) is 6. The van der Waals surface area contributed by atoms with Gasteiger partial charge in [-0.3, -0.25) is 19.7 Å². The summed E-state index contributed by atoms with van der Waals surface area (Å²) in [6.45, 7) is 1.85. The van der Waals surface area contributed by atoms with Gasteiger partial charge in [-0.2, -0.15) is 0 Å². The minimum atomic E-state index is -0.119. The summed E-state index contributed by atoms with van der Waals surface area (Å²) in [4.78, 5) is 27.6. The van der Waals surface area contributed by atoms with Gasteiger partial charge in [0, 0.05) is 36.9 Å². The summed E-state index contributed by atoms with van der Waals surface area (Å²) in [5.41, 5.74) is 3.18. The van der Waals surface area contributed by atoms with Crippen molar-refractivity contribution in [2.75, 3.05) is 25.5 Å². The van der Waals surface area contributed by atoms with Gasteiger partial charge in [0.1, 0.15) is 5.52 Å². The maximum absolute atomic E-state index is 12.8. The Hall–Kier alpha value is -2.77. The first-order valence-electron chi connectivity index (χ1n) is 8.71. The van der Waals surface area contributed by atoms with Crippen LogP contribution in [0.15, 0.2) is 43.0 Å². The lowest BCUT2D eigenvalue weighted by atomic mass is 10.1. The van der Waals surface area contributed by atoms with E-state index >= 15 is 0 Å². The molecule has 3 heterocycles. The number of likely N-dealkylation sites (N-methyl/N-ethyl adjacent to an activating group) is 1. The van der Waals surface area contributed by atoms with Gasteiger partial charge in [-0.15, -0.1) is 0 Å². The van der Waals surface area contributed by atoms with E-state index < -0.39 is 0 Å². The molecule has 138 valence electrons. The number of hydrogen-bond donors (Lipinski definition) is 2. The molecule has 1 amide bonds. The van der Waals surface area contributed by atoms with Crippen LogP contribution in [0.2, 0.25) is 5.02 Å². The Bertz CT molecular complexity index is 995. The molecule has 1 aliphatic rings. The molecule has 0 saturated carbocycles. The van der Waals surface area contributed by atoms with E-state index in [0.717, 1.165) is 25.2 Å². The molecule has 0 spiro atoms. The van der Waals surface area contributed by atoms with Gasteiger partial charge in [0.15, 0.2) is 0 Å². The number of nitrogens with one attached hydrogen (secondary N) is 2. The summed E-state index contributed by atoms with van der Waals surface area (Å²) < 4.78 is 0. The first-order chi connectivity index (χ1) is 13.1. The number of pyridine rings is 1.